The molecule has 0 aliphatic carbocycles. The van der Waals surface area contributed by atoms with Gasteiger partial charge in [-0.1, -0.05) is 17.4 Å². The van der Waals surface area contributed by atoms with E-state index in [-0.39, 0.29) is 0 Å². The van der Waals surface area contributed by atoms with Crippen molar-refractivity contribution in [1.82, 2.24) is 4.98 Å². The molecule has 0 aliphatic rings. The molecule has 2 aromatic rings. The van der Waals surface area contributed by atoms with E-state index in [1.54, 1.807) is 17.5 Å². The number of hydrogen-bond donors (Lipinski definition) is 1. The number of anilines is 1. The number of nitrogens with zero attached hydrogens (tertiary/aromatic N) is 2. The van der Waals surface area contributed by atoms with Crippen LogP contribution in [0.25, 0.3) is 0 Å². The first-order valence-electron chi connectivity index (χ1n) is 4.00. The van der Waals surface area contributed by atoms with Crippen LogP contribution in [0.2, 0.25) is 0 Å². The van der Waals surface area contributed by atoms with Crippen LogP contribution in [0.1, 0.15) is 9.75 Å². The molecule has 0 aliphatic heterocycles. The Balaban J connectivity index is 1.96. The molecule has 0 unspecified atom stereocenters. The molecule has 3 nitrogen and oxygen atoms in total. The highest BCUT2D eigenvalue weighted by molar-refractivity contribution is 7.16. The van der Waals surface area contributed by atoms with Gasteiger partial charge in [-0.15, -0.1) is 11.3 Å². The van der Waals surface area contributed by atoms with Gasteiger partial charge in [0.15, 0.2) is 5.13 Å². The molecule has 70 valence electrons. The number of thiazole rings is 1. The highest BCUT2D eigenvalue weighted by atomic mass is 32.1. The fourth-order valence-electron chi connectivity index (χ4n) is 0.983. The average Bonchev–Trinajstić information content (AvgIpc) is 2.86. The van der Waals surface area contributed by atoms with Crippen LogP contribution in [-0.4, -0.2) is 4.98 Å². The Morgan fingerprint density at radius 2 is 2.50 bits per heavy atom. The summed E-state index contributed by atoms with van der Waals surface area (Å²) >= 11 is 3.08. The van der Waals surface area contributed by atoms with Crippen molar-refractivity contribution in [1.29, 1.82) is 5.26 Å². The first kappa shape index (κ1) is 9.19. The molecule has 2 rings (SSSR count). The molecule has 2 heterocycles. The molecule has 0 bridgehead atoms. The summed E-state index contributed by atoms with van der Waals surface area (Å²) in [6.07, 6.45) is 1.58. The van der Waals surface area contributed by atoms with Gasteiger partial charge < -0.3 is 5.32 Å². The number of hydrogen-bond acceptors (Lipinski definition) is 5. The standard InChI is InChI=1S/C9H7N3S2/c10-4-8-6-12-9(14-8)11-5-7-2-1-3-13-7/h1-3,6H,5H2,(H,11,12). The summed E-state index contributed by atoms with van der Waals surface area (Å²) in [6, 6.07) is 6.14. The van der Waals surface area contributed by atoms with Gasteiger partial charge in [-0.2, -0.15) is 5.26 Å². The molecule has 0 aromatic carbocycles. The van der Waals surface area contributed by atoms with Crippen molar-refractivity contribution >= 4 is 27.8 Å². The van der Waals surface area contributed by atoms with Crippen LogP contribution < -0.4 is 5.32 Å². The Labute approximate surface area is 89.7 Å². The lowest BCUT2D eigenvalue weighted by molar-refractivity contribution is 1.17. The van der Waals surface area contributed by atoms with Gasteiger partial charge in [0.05, 0.1) is 12.7 Å². The lowest BCUT2D eigenvalue weighted by Gasteiger charge is -1.97. The molecular formula is C9H7N3S2. The largest absolute Gasteiger partial charge is 0.357 e. The van der Waals surface area contributed by atoms with Crippen LogP contribution in [0.5, 0.6) is 0 Å². The third-order valence-electron chi connectivity index (χ3n) is 1.61. The van der Waals surface area contributed by atoms with E-state index in [0.29, 0.717) is 4.88 Å². The Hall–Kier alpha value is -1.38. The Morgan fingerprint density at radius 3 is 3.14 bits per heavy atom. The Morgan fingerprint density at radius 1 is 1.57 bits per heavy atom. The minimum absolute atomic E-state index is 0.638. The molecule has 0 amide bonds. The molecule has 0 radical (unpaired) electrons. The van der Waals surface area contributed by atoms with Crippen LogP contribution in [0.3, 0.4) is 0 Å². The summed E-state index contributed by atoms with van der Waals surface area (Å²) < 4.78 is 0. The van der Waals surface area contributed by atoms with Gasteiger partial charge in [-0.05, 0) is 11.4 Å². The minimum atomic E-state index is 0.638. The molecule has 5 heteroatoms. The topological polar surface area (TPSA) is 48.7 Å². The van der Waals surface area contributed by atoms with Crippen molar-refractivity contribution < 1.29 is 0 Å². The fraction of sp³-hybridized carbons (Fsp3) is 0.111. The fourth-order valence-corrected chi connectivity index (χ4v) is 2.24. The first-order chi connectivity index (χ1) is 6.88. The summed E-state index contributed by atoms with van der Waals surface area (Å²) in [6.45, 7) is 0.774. The van der Waals surface area contributed by atoms with Gasteiger partial charge in [0.2, 0.25) is 0 Å². The summed E-state index contributed by atoms with van der Waals surface area (Å²) in [5, 5.41) is 14.6. The molecule has 14 heavy (non-hydrogen) atoms. The predicted octanol–water partition coefficient (Wildman–Crippen LogP) is 2.69. The van der Waals surface area contributed by atoms with E-state index < -0.39 is 0 Å². The van der Waals surface area contributed by atoms with Gasteiger partial charge in [-0.3, -0.25) is 0 Å². The van der Waals surface area contributed by atoms with Crippen molar-refractivity contribution in [2.24, 2.45) is 0 Å². The summed E-state index contributed by atoms with van der Waals surface area (Å²) in [5.74, 6) is 0. The molecular weight excluding hydrogens is 214 g/mol. The molecule has 0 saturated heterocycles. The van der Waals surface area contributed by atoms with E-state index in [1.807, 2.05) is 11.4 Å². The molecule has 0 spiro atoms. The van der Waals surface area contributed by atoms with E-state index in [4.69, 9.17) is 5.26 Å². The number of aromatic nitrogens is 1. The van der Waals surface area contributed by atoms with Gasteiger partial charge in [0.1, 0.15) is 10.9 Å². The zero-order valence-corrected chi connectivity index (χ0v) is 8.86. The minimum Gasteiger partial charge on any atom is -0.357 e. The van der Waals surface area contributed by atoms with Crippen LogP contribution in [0.4, 0.5) is 5.13 Å². The second kappa shape index (κ2) is 4.22. The third kappa shape index (κ3) is 2.10. The molecule has 2 aromatic heterocycles. The summed E-state index contributed by atoms with van der Waals surface area (Å²) in [4.78, 5) is 5.98. The number of nitrogens with one attached hydrogen (secondary N) is 1. The van der Waals surface area contributed by atoms with Crippen molar-refractivity contribution in [3.05, 3.63) is 33.5 Å². The monoisotopic (exact) mass is 221 g/mol. The molecule has 0 atom stereocenters. The van der Waals surface area contributed by atoms with Crippen LogP contribution in [-0.2, 0) is 6.54 Å². The third-order valence-corrected chi connectivity index (χ3v) is 3.35. The van der Waals surface area contributed by atoms with E-state index in [1.165, 1.54) is 16.2 Å². The van der Waals surface area contributed by atoms with Crippen molar-refractivity contribution in [3.63, 3.8) is 0 Å². The maximum Gasteiger partial charge on any atom is 0.184 e. The first-order valence-corrected chi connectivity index (χ1v) is 5.70. The van der Waals surface area contributed by atoms with E-state index >= 15 is 0 Å². The number of nitriles is 1. The lowest BCUT2D eigenvalue weighted by atomic mass is 10.5. The molecule has 1 N–H and O–H groups in total. The van der Waals surface area contributed by atoms with Crippen LogP contribution in [0, 0.1) is 11.3 Å². The normalized spacial score (nSPS) is 9.64. The summed E-state index contributed by atoms with van der Waals surface area (Å²) in [5.41, 5.74) is 0. The maximum absolute atomic E-state index is 8.60. The maximum atomic E-state index is 8.60. The average molecular weight is 221 g/mol. The smallest absolute Gasteiger partial charge is 0.184 e. The van der Waals surface area contributed by atoms with Gasteiger partial charge in [0, 0.05) is 4.88 Å². The van der Waals surface area contributed by atoms with Gasteiger partial charge in [-0.25, -0.2) is 4.98 Å². The highest BCUT2D eigenvalue weighted by Gasteiger charge is 2.00. The van der Waals surface area contributed by atoms with E-state index in [9.17, 15) is 0 Å². The highest BCUT2D eigenvalue weighted by Crippen LogP contribution is 2.18. The van der Waals surface area contributed by atoms with E-state index in [0.717, 1.165) is 11.7 Å². The van der Waals surface area contributed by atoms with Crippen molar-refractivity contribution in [3.8, 4) is 6.07 Å². The van der Waals surface area contributed by atoms with E-state index in [2.05, 4.69) is 22.4 Å². The Bertz CT molecular complexity index is 439. The predicted molar refractivity (Wildman–Crippen MR) is 58.5 cm³/mol. The Kier molecular flexibility index (Phi) is 2.77. The lowest BCUT2D eigenvalue weighted by Crippen LogP contribution is -1.95. The van der Waals surface area contributed by atoms with Crippen molar-refractivity contribution in [2.45, 2.75) is 6.54 Å². The van der Waals surface area contributed by atoms with Crippen molar-refractivity contribution in [2.75, 3.05) is 5.32 Å². The number of rotatable bonds is 3. The van der Waals surface area contributed by atoms with Gasteiger partial charge in [0.25, 0.3) is 0 Å². The summed E-state index contributed by atoms with van der Waals surface area (Å²) in [7, 11) is 0. The van der Waals surface area contributed by atoms with Crippen LogP contribution in [0.15, 0.2) is 23.7 Å². The quantitative estimate of drug-likeness (QED) is 0.866. The second-order valence-corrected chi connectivity index (χ2v) is 4.64. The van der Waals surface area contributed by atoms with Gasteiger partial charge >= 0.3 is 0 Å². The second-order valence-electron chi connectivity index (χ2n) is 2.57. The SMILES string of the molecule is N#Cc1cnc(NCc2cccs2)s1. The zero-order chi connectivity index (χ0) is 9.80. The number of thiophene rings is 1. The molecule has 0 saturated carbocycles. The zero-order valence-electron chi connectivity index (χ0n) is 7.23. The molecule has 0 fully saturated rings. The van der Waals surface area contributed by atoms with Crippen LogP contribution >= 0.6 is 22.7 Å².